The number of amides is 1. The van der Waals surface area contributed by atoms with Crippen LogP contribution in [0.4, 0.5) is 5.69 Å². The quantitative estimate of drug-likeness (QED) is 0.397. The second kappa shape index (κ2) is 12.9. The van der Waals surface area contributed by atoms with Crippen LogP contribution in [0.3, 0.4) is 0 Å². The molecule has 1 N–H and O–H groups in total. The van der Waals surface area contributed by atoms with Crippen LogP contribution in [0.15, 0.2) is 36.4 Å². The Kier molecular flexibility index (Phi) is 10.5. The fourth-order valence-corrected chi connectivity index (χ4v) is 4.74. The van der Waals surface area contributed by atoms with Gasteiger partial charge >= 0.3 is 0 Å². The van der Waals surface area contributed by atoms with Crippen LogP contribution in [0.5, 0.6) is 11.5 Å². The van der Waals surface area contributed by atoms with Crippen LogP contribution in [0, 0.1) is 5.92 Å². The summed E-state index contributed by atoms with van der Waals surface area (Å²) in [4.78, 5) is 12.6. The van der Waals surface area contributed by atoms with Crippen molar-refractivity contribution in [1.29, 1.82) is 0 Å². The van der Waals surface area contributed by atoms with E-state index in [-0.39, 0.29) is 12.5 Å². The molecular weight excluding hydrogens is 476 g/mol. The molecule has 0 fully saturated rings. The maximum absolute atomic E-state index is 12.6. The Bertz CT molecular complexity index is 1060. The second-order valence-electron chi connectivity index (χ2n) is 8.25. The number of halogens is 1. The number of nitrogens with zero attached hydrogens (tertiary/aromatic N) is 1. The molecule has 9 heteroatoms. The van der Waals surface area contributed by atoms with Crippen LogP contribution >= 0.6 is 11.6 Å². The van der Waals surface area contributed by atoms with Crippen molar-refractivity contribution in [2.75, 3.05) is 31.3 Å². The Balaban J connectivity index is 2.20. The van der Waals surface area contributed by atoms with Crippen molar-refractivity contribution in [3.8, 4) is 11.5 Å². The largest absolute Gasteiger partial charge is 0.495 e. The molecule has 0 spiro atoms. The predicted molar refractivity (Wildman–Crippen MR) is 138 cm³/mol. The number of ether oxygens (including phenoxy) is 2. The van der Waals surface area contributed by atoms with Crippen molar-refractivity contribution in [1.82, 2.24) is 5.32 Å². The molecule has 0 aliphatic heterocycles. The minimum absolute atomic E-state index is 0.0524. The Hall–Kier alpha value is -2.45. The molecule has 0 heterocycles. The third kappa shape index (κ3) is 7.53. The van der Waals surface area contributed by atoms with Gasteiger partial charge in [-0.2, -0.15) is 0 Å². The molecular formula is C25H35ClN2O5S. The maximum atomic E-state index is 12.6. The first-order chi connectivity index (χ1) is 16.1. The molecule has 0 saturated carbocycles. The van der Waals surface area contributed by atoms with Crippen molar-refractivity contribution in [3.05, 3.63) is 52.5 Å². The lowest BCUT2D eigenvalue weighted by Gasteiger charge is -2.25. The molecule has 34 heavy (non-hydrogen) atoms. The zero-order valence-corrected chi connectivity index (χ0v) is 22.1. The molecule has 0 aromatic heterocycles. The molecule has 0 radical (unpaired) electrons. The van der Waals surface area contributed by atoms with Gasteiger partial charge < -0.3 is 14.8 Å². The predicted octanol–water partition coefficient (Wildman–Crippen LogP) is 5.27. The van der Waals surface area contributed by atoms with Crippen molar-refractivity contribution in [2.45, 2.75) is 46.1 Å². The van der Waals surface area contributed by atoms with E-state index in [1.54, 1.807) is 24.3 Å². The lowest BCUT2D eigenvalue weighted by atomic mass is 9.99. The molecule has 7 nitrogen and oxygen atoms in total. The Morgan fingerprint density at radius 2 is 1.74 bits per heavy atom. The number of benzene rings is 2. The van der Waals surface area contributed by atoms with Gasteiger partial charge in [-0.05, 0) is 30.0 Å². The molecule has 0 aliphatic rings. The van der Waals surface area contributed by atoms with Gasteiger partial charge in [0, 0.05) is 24.2 Å². The lowest BCUT2D eigenvalue weighted by Crippen LogP contribution is -2.30. The molecule has 1 unspecified atom stereocenters. The number of nitrogens with one attached hydrogen (secondary N) is 1. The minimum atomic E-state index is -3.67. The molecule has 1 atom stereocenters. The highest BCUT2D eigenvalue weighted by Gasteiger charge is 2.24. The normalized spacial score (nSPS) is 12.2. The Morgan fingerprint density at radius 1 is 1.09 bits per heavy atom. The molecule has 0 saturated heterocycles. The standard InChI is InChI=1S/C25H35ClN2O5S/c1-6-8-9-18(7-2)16-27-25(29)20-12-10-19(11-13-20)17-28(34(5,30)31)22-15-23(32-3)21(26)14-24(22)33-4/h10-15,18H,6-9,16-17H2,1-5H3,(H,27,29). The Morgan fingerprint density at radius 3 is 2.26 bits per heavy atom. The van der Waals surface area contributed by atoms with Gasteiger partial charge in [-0.15, -0.1) is 0 Å². The van der Waals surface area contributed by atoms with Crippen LogP contribution < -0.4 is 19.1 Å². The number of carbonyl (C=O) groups excluding carboxylic acids is 1. The molecule has 1 amide bonds. The smallest absolute Gasteiger partial charge is 0.251 e. The summed E-state index contributed by atoms with van der Waals surface area (Å²) in [6, 6.07) is 9.97. The van der Waals surface area contributed by atoms with Gasteiger partial charge in [-0.3, -0.25) is 9.10 Å². The van der Waals surface area contributed by atoms with Crippen LogP contribution in [0.2, 0.25) is 5.02 Å². The maximum Gasteiger partial charge on any atom is 0.251 e. The van der Waals surface area contributed by atoms with Crippen molar-refractivity contribution in [3.63, 3.8) is 0 Å². The van der Waals surface area contributed by atoms with Gasteiger partial charge in [0.2, 0.25) is 10.0 Å². The fraction of sp³-hybridized carbons (Fsp3) is 0.480. The van der Waals surface area contributed by atoms with Crippen molar-refractivity contribution >= 4 is 33.2 Å². The van der Waals surface area contributed by atoms with E-state index in [1.165, 1.54) is 30.7 Å². The van der Waals surface area contributed by atoms with E-state index >= 15 is 0 Å². The molecule has 2 aromatic carbocycles. The van der Waals surface area contributed by atoms with E-state index < -0.39 is 10.0 Å². The first kappa shape index (κ1) is 27.8. The number of sulfonamides is 1. The van der Waals surface area contributed by atoms with E-state index in [9.17, 15) is 13.2 Å². The van der Waals surface area contributed by atoms with Gasteiger partial charge in [-0.25, -0.2) is 8.42 Å². The van der Waals surface area contributed by atoms with Gasteiger partial charge in [0.25, 0.3) is 5.91 Å². The molecule has 2 aromatic rings. The van der Waals surface area contributed by atoms with Crippen LogP contribution in [0.1, 0.15) is 55.5 Å². The Labute approximate surface area is 208 Å². The highest BCUT2D eigenvalue weighted by atomic mass is 35.5. The van der Waals surface area contributed by atoms with E-state index in [2.05, 4.69) is 19.2 Å². The van der Waals surface area contributed by atoms with Gasteiger partial charge in [0.1, 0.15) is 11.5 Å². The van der Waals surface area contributed by atoms with Gasteiger partial charge in [-0.1, -0.05) is 56.8 Å². The van der Waals surface area contributed by atoms with Crippen LogP contribution in [-0.4, -0.2) is 41.3 Å². The summed E-state index contributed by atoms with van der Waals surface area (Å²) in [5.74, 6) is 0.978. The average molecular weight is 511 g/mol. The van der Waals surface area contributed by atoms with E-state index in [0.717, 1.165) is 31.9 Å². The summed E-state index contributed by atoms with van der Waals surface area (Å²) >= 11 is 6.17. The van der Waals surface area contributed by atoms with E-state index in [4.69, 9.17) is 21.1 Å². The molecule has 0 bridgehead atoms. The third-order valence-electron chi connectivity index (χ3n) is 5.76. The first-order valence-electron chi connectivity index (χ1n) is 11.4. The van der Waals surface area contributed by atoms with Crippen LogP contribution in [0.25, 0.3) is 0 Å². The summed E-state index contributed by atoms with van der Waals surface area (Å²) < 4.78 is 37.1. The summed E-state index contributed by atoms with van der Waals surface area (Å²) in [7, 11) is -0.764. The second-order valence-corrected chi connectivity index (χ2v) is 10.6. The highest BCUT2D eigenvalue weighted by molar-refractivity contribution is 7.92. The van der Waals surface area contributed by atoms with Gasteiger partial charge in [0.05, 0.1) is 37.7 Å². The summed E-state index contributed by atoms with van der Waals surface area (Å²) in [5, 5.41) is 3.33. The number of rotatable bonds is 13. The number of hydrogen-bond donors (Lipinski definition) is 1. The minimum Gasteiger partial charge on any atom is -0.495 e. The van der Waals surface area contributed by atoms with Crippen LogP contribution in [-0.2, 0) is 16.6 Å². The first-order valence-corrected chi connectivity index (χ1v) is 13.6. The molecule has 0 aliphatic carbocycles. The number of carbonyl (C=O) groups is 1. The molecule has 2 rings (SSSR count). The number of anilines is 1. The lowest BCUT2D eigenvalue weighted by molar-refractivity contribution is 0.0946. The number of hydrogen-bond acceptors (Lipinski definition) is 5. The average Bonchev–Trinajstić information content (AvgIpc) is 2.82. The monoisotopic (exact) mass is 510 g/mol. The topological polar surface area (TPSA) is 84.9 Å². The summed E-state index contributed by atoms with van der Waals surface area (Å²) in [5.41, 5.74) is 1.56. The zero-order chi connectivity index (χ0) is 25.3. The van der Waals surface area contributed by atoms with Gasteiger partial charge in [0.15, 0.2) is 0 Å². The van der Waals surface area contributed by atoms with E-state index in [1.807, 2.05) is 0 Å². The summed E-state index contributed by atoms with van der Waals surface area (Å²) in [6.07, 6.45) is 5.55. The van der Waals surface area contributed by atoms with Crippen molar-refractivity contribution < 1.29 is 22.7 Å². The summed E-state index contributed by atoms with van der Waals surface area (Å²) in [6.45, 7) is 5.01. The molecule has 188 valence electrons. The fourth-order valence-electron chi connectivity index (χ4n) is 3.63. The SMILES string of the molecule is CCCCC(CC)CNC(=O)c1ccc(CN(c2cc(OC)c(Cl)cc2OC)S(C)(=O)=O)cc1. The van der Waals surface area contributed by atoms with Crippen molar-refractivity contribution in [2.24, 2.45) is 5.92 Å². The number of unbranched alkanes of at least 4 members (excludes halogenated alkanes) is 1. The van der Waals surface area contributed by atoms with E-state index in [0.29, 0.717) is 45.8 Å². The number of methoxy groups -OCH3 is 2. The highest BCUT2D eigenvalue weighted by Crippen LogP contribution is 2.39. The third-order valence-corrected chi connectivity index (χ3v) is 7.18. The zero-order valence-electron chi connectivity index (χ0n) is 20.6.